The number of hydrogen-bond donors (Lipinski definition) is 1. The van der Waals surface area contributed by atoms with Crippen LogP contribution in [0.3, 0.4) is 0 Å². The highest BCUT2D eigenvalue weighted by Gasteiger charge is 2.51. The molecule has 12 heteroatoms. The Bertz CT molecular complexity index is 972. The molecule has 0 aliphatic carbocycles. The standard InChI is InChI=1S/C20H23N3O8S/c1-10(24)29-15-14(8-28-20(27)12-5-4-6-23(3)7-12)31-17(16(15)30-11(2)25)19-22-13(9-32-19)18(21)26/h4,6-7,9,14-17H,5,8H2,1-3H3,(H2,21,26)/t14-,15-,16+,17-/m0/s1. The van der Waals surface area contributed by atoms with E-state index in [0.717, 1.165) is 11.3 Å². The van der Waals surface area contributed by atoms with E-state index in [1.807, 2.05) is 12.3 Å². The molecule has 11 nitrogen and oxygen atoms in total. The molecule has 3 heterocycles. The number of esters is 3. The number of nitrogens with zero attached hydrogens (tertiary/aromatic N) is 2. The van der Waals surface area contributed by atoms with Gasteiger partial charge >= 0.3 is 17.9 Å². The number of thiazole rings is 1. The van der Waals surface area contributed by atoms with Gasteiger partial charge in [0.15, 0.2) is 18.3 Å². The topological polar surface area (TPSA) is 147 Å². The molecule has 1 fully saturated rings. The number of carbonyl (C=O) groups excluding carboxylic acids is 4. The van der Waals surface area contributed by atoms with E-state index >= 15 is 0 Å². The lowest BCUT2D eigenvalue weighted by molar-refractivity contribution is -0.165. The monoisotopic (exact) mass is 465 g/mol. The highest BCUT2D eigenvalue weighted by Crippen LogP contribution is 2.39. The Kier molecular flexibility index (Phi) is 7.26. The predicted molar refractivity (Wildman–Crippen MR) is 110 cm³/mol. The van der Waals surface area contributed by atoms with Gasteiger partial charge in [0.1, 0.15) is 23.4 Å². The van der Waals surface area contributed by atoms with Gasteiger partial charge in [-0.25, -0.2) is 9.78 Å². The van der Waals surface area contributed by atoms with Crippen molar-refractivity contribution in [2.45, 2.75) is 44.7 Å². The van der Waals surface area contributed by atoms with Gasteiger partial charge in [-0.15, -0.1) is 11.3 Å². The molecule has 4 atom stereocenters. The fourth-order valence-corrected chi connectivity index (χ4v) is 4.20. The first-order valence-corrected chi connectivity index (χ1v) is 10.5. The molecule has 1 aromatic heterocycles. The molecule has 0 unspecified atom stereocenters. The van der Waals surface area contributed by atoms with Gasteiger partial charge in [-0.1, -0.05) is 6.08 Å². The molecule has 2 aliphatic rings. The maximum Gasteiger partial charge on any atom is 0.335 e. The molecule has 32 heavy (non-hydrogen) atoms. The predicted octanol–water partition coefficient (Wildman–Crippen LogP) is 0.822. The minimum atomic E-state index is -1.06. The first-order valence-electron chi connectivity index (χ1n) is 9.67. The van der Waals surface area contributed by atoms with Crippen molar-refractivity contribution in [1.29, 1.82) is 0 Å². The smallest absolute Gasteiger partial charge is 0.335 e. The summed E-state index contributed by atoms with van der Waals surface area (Å²) in [5.41, 5.74) is 5.73. The van der Waals surface area contributed by atoms with Gasteiger partial charge in [-0.3, -0.25) is 14.4 Å². The van der Waals surface area contributed by atoms with Gasteiger partial charge in [-0.2, -0.15) is 0 Å². The van der Waals surface area contributed by atoms with Crippen LogP contribution < -0.4 is 5.73 Å². The molecule has 0 spiro atoms. The summed E-state index contributed by atoms with van der Waals surface area (Å²) < 4.78 is 22.1. The van der Waals surface area contributed by atoms with Gasteiger partial charge < -0.3 is 29.6 Å². The number of allylic oxidation sites excluding steroid dienone is 1. The van der Waals surface area contributed by atoms with Crippen molar-refractivity contribution in [3.05, 3.63) is 40.1 Å². The van der Waals surface area contributed by atoms with Crippen LogP contribution in [0.5, 0.6) is 0 Å². The van der Waals surface area contributed by atoms with Crippen LogP contribution >= 0.6 is 11.3 Å². The van der Waals surface area contributed by atoms with Crippen LogP contribution in [0.25, 0.3) is 0 Å². The zero-order valence-electron chi connectivity index (χ0n) is 17.7. The lowest BCUT2D eigenvalue weighted by atomic mass is 10.1. The number of hydrogen-bond acceptors (Lipinski definition) is 11. The Hall–Kier alpha value is -3.25. The molecular weight excluding hydrogens is 442 g/mol. The maximum atomic E-state index is 12.5. The van der Waals surface area contributed by atoms with Crippen molar-refractivity contribution in [3.8, 4) is 0 Å². The second-order valence-corrected chi connectivity index (χ2v) is 8.08. The Balaban J connectivity index is 1.81. The largest absolute Gasteiger partial charge is 0.459 e. The normalized spacial score (nSPS) is 24.6. The van der Waals surface area contributed by atoms with E-state index in [1.54, 1.807) is 18.1 Å². The summed E-state index contributed by atoms with van der Waals surface area (Å²) in [6, 6.07) is 0. The van der Waals surface area contributed by atoms with E-state index < -0.39 is 48.2 Å². The lowest BCUT2D eigenvalue weighted by Gasteiger charge is -2.23. The number of rotatable bonds is 7. The van der Waals surface area contributed by atoms with Crippen LogP contribution in [-0.2, 0) is 33.3 Å². The fourth-order valence-electron chi connectivity index (χ4n) is 3.32. The van der Waals surface area contributed by atoms with Crippen molar-refractivity contribution < 1.29 is 38.1 Å². The number of ether oxygens (including phenoxy) is 4. The minimum absolute atomic E-state index is 0.0236. The number of amides is 1. The van der Waals surface area contributed by atoms with E-state index in [0.29, 0.717) is 17.0 Å². The van der Waals surface area contributed by atoms with Crippen molar-refractivity contribution in [3.63, 3.8) is 0 Å². The number of carbonyl (C=O) groups is 4. The molecule has 2 N–H and O–H groups in total. The number of aromatic nitrogens is 1. The molecule has 1 saturated heterocycles. The Morgan fingerprint density at radius 1 is 1.22 bits per heavy atom. The molecular formula is C20H23N3O8S. The molecule has 0 aromatic carbocycles. The van der Waals surface area contributed by atoms with E-state index in [-0.39, 0.29) is 12.3 Å². The van der Waals surface area contributed by atoms with Gasteiger partial charge in [0.05, 0.1) is 5.57 Å². The molecule has 0 saturated carbocycles. The van der Waals surface area contributed by atoms with Crippen LogP contribution in [0, 0.1) is 0 Å². The second kappa shape index (κ2) is 9.92. The fraction of sp³-hybridized carbons (Fsp3) is 0.450. The molecule has 0 radical (unpaired) electrons. The highest BCUT2D eigenvalue weighted by molar-refractivity contribution is 7.09. The molecule has 3 rings (SSSR count). The molecule has 1 aromatic rings. The van der Waals surface area contributed by atoms with E-state index in [1.165, 1.54) is 19.2 Å². The minimum Gasteiger partial charge on any atom is -0.459 e. The molecule has 172 valence electrons. The Morgan fingerprint density at radius 2 is 1.91 bits per heavy atom. The summed E-state index contributed by atoms with van der Waals surface area (Å²) in [7, 11) is 1.78. The van der Waals surface area contributed by atoms with Crippen LogP contribution in [0.1, 0.15) is 41.9 Å². The number of primary amides is 1. The molecule has 0 bridgehead atoms. The van der Waals surface area contributed by atoms with E-state index in [4.69, 9.17) is 24.7 Å². The van der Waals surface area contributed by atoms with Crippen molar-refractivity contribution in [2.24, 2.45) is 5.73 Å². The summed E-state index contributed by atoms with van der Waals surface area (Å²) in [6.45, 7) is 2.14. The van der Waals surface area contributed by atoms with Crippen LogP contribution in [-0.4, -0.2) is 65.7 Å². The van der Waals surface area contributed by atoms with Crippen LogP contribution in [0.4, 0.5) is 0 Å². The summed E-state index contributed by atoms with van der Waals surface area (Å²) in [5.74, 6) is -2.54. The Morgan fingerprint density at radius 3 is 2.50 bits per heavy atom. The third kappa shape index (κ3) is 5.51. The third-order valence-corrected chi connectivity index (χ3v) is 5.52. The molecule has 2 aliphatic heterocycles. The van der Waals surface area contributed by atoms with Crippen LogP contribution in [0.2, 0.25) is 0 Å². The average Bonchev–Trinajstić information content (AvgIpc) is 3.32. The van der Waals surface area contributed by atoms with Crippen molar-refractivity contribution >= 4 is 35.2 Å². The summed E-state index contributed by atoms with van der Waals surface area (Å²) in [6.07, 6.45) is 1.69. The third-order valence-electron chi connectivity index (χ3n) is 4.61. The Labute approximate surface area is 187 Å². The zero-order valence-corrected chi connectivity index (χ0v) is 18.5. The van der Waals surface area contributed by atoms with Crippen molar-refractivity contribution in [2.75, 3.05) is 13.7 Å². The van der Waals surface area contributed by atoms with E-state index in [2.05, 4.69) is 4.98 Å². The zero-order chi connectivity index (χ0) is 23.4. The molecule has 1 amide bonds. The van der Waals surface area contributed by atoms with Crippen LogP contribution in [0.15, 0.2) is 29.4 Å². The quantitative estimate of drug-likeness (QED) is 0.453. The van der Waals surface area contributed by atoms with Gasteiger partial charge in [0, 0.05) is 38.9 Å². The summed E-state index contributed by atoms with van der Waals surface area (Å²) in [4.78, 5) is 53.2. The van der Waals surface area contributed by atoms with Gasteiger partial charge in [0.2, 0.25) is 0 Å². The van der Waals surface area contributed by atoms with Crippen molar-refractivity contribution in [1.82, 2.24) is 9.88 Å². The summed E-state index contributed by atoms with van der Waals surface area (Å²) >= 11 is 1.08. The van der Waals surface area contributed by atoms with Gasteiger partial charge in [0.25, 0.3) is 5.91 Å². The second-order valence-electron chi connectivity index (χ2n) is 7.19. The summed E-state index contributed by atoms with van der Waals surface area (Å²) in [5, 5.41) is 1.75. The highest BCUT2D eigenvalue weighted by atomic mass is 32.1. The lowest BCUT2D eigenvalue weighted by Crippen LogP contribution is -2.40. The van der Waals surface area contributed by atoms with E-state index in [9.17, 15) is 19.2 Å². The number of nitrogens with two attached hydrogens (primary N) is 1. The SMILES string of the molecule is CC(=O)O[C@@H]1[C@@H](OC(C)=O)[C@@H](c2nc(C(N)=O)cs2)O[C@H]1COC(=O)C1=CN(C)C=CC1. The first-order chi connectivity index (χ1) is 15.2. The average molecular weight is 465 g/mol. The first kappa shape index (κ1) is 23.4. The van der Waals surface area contributed by atoms with Gasteiger partial charge in [-0.05, 0) is 6.20 Å². The maximum absolute atomic E-state index is 12.5.